The third kappa shape index (κ3) is 4.71. The van der Waals surface area contributed by atoms with E-state index in [9.17, 15) is 4.21 Å². The Kier molecular flexibility index (Phi) is 5.86. The molecule has 2 fully saturated rings. The van der Waals surface area contributed by atoms with Crippen molar-refractivity contribution in [3.05, 3.63) is 29.8 Å². The fraction of sp³-hybridized carbons (Fsp3) is 0.684. The Labute approximate surface area is 157 Å². The highest BCUT2D eigenvalue weighted by atomic mass is 32.2. The number of hydrogen-bond acceptors (Lipinski definition) is 6. The van der Waals surface area contributed by atoms with Gasteiger partial charge in [0, 0.05) is 4.90 Å². The maximum absolute atomic E-state index is 13.3. The van der Waals surface area contributed by atoms with Crippen LogP contribution in [0, 0.1) is 6.92 Å². The minimum absolute atomic E-state index is 0.0412. The molecule has 0 spiro atoms. The van der Waals surface area contributed by atoms with Gasteiger partial charge in [0.1, 0.15) is 12.2 Å². The van der Waals surface area contributed by atoms with Crippen molar-refractivity contribution >= 4 is 10.8 Å². The highest BCUT2D eigenvalue weighted by molar-refractivity contribution is 7.85. The minimum atomic E-state index is -1.32. The molecule has 3 rings (SSSR count). The molecule has 0 amide bonds. The van der Waals surface area contributed by atoms with Crippen molar-refractivity contribution in [2.75, 3.05) is 20.0 Å². The third-order valence-electron chi connectivity index (χ3n) is 4.55. The van der Waals surface area contributed by atoms with Gasteiger partial charge in [0.15, 0.2) is 18.4 Å². The van der Waals surface area contributed by atoms with Crippen molar-refractivity contribution in [1.29, 1.82) is 0 Å². The van der Waals surface area contributed by atoms with E-state index < -0.39 is 33.7 Å². The van der Waals surface area contributed by atoms with Crippen molar-refractivity contribution in [1.82, 2.24) is 0 Å². The second-order valence-electron chi connectivity index (χ2n) is 7.62. The van der Waals surface area contributed by atoms with Crippen LogP contribution in [0.2, 0.25) is 0 Å². The van der Waals surface area contributed by atoms with Crippen LogP contribution in [0.3, 0.4) is 0 Å². The van der Waals surface area contributed by atoms with Crippen molar-refractivity contribution in [2.45, 2.75) is 68.5 Å². The summed E-state index contributed by atoms with van der Waals surface area (Å²) >= 11 is 0. The smallest absolute Gasteiger partial charge is 0.165 e. The molecule has 2 saturated heterocycles. The molecular formula is C19H28O6S. The number of rotatable bonds is 3. The Balaban J connectivity index is 1.86. The van der Waals surface area contributed by atoms with Crippen LogP contribution in [0.5, 0.6) is 0 Å². The number of hydrogen-bond donors (Lipinski definition) is 0. The summed E-state index contributed by atoms with van der Waals surface area (Å²) in [6.45, 7) is 10.0. The fourth-order valence-corrected chi connectivity index (χ4v) is 4.48. The summed E-state index contributed by atoms with van der Waals surface area (Å²) in [5.41, 5.74) is 1.12. The molecule has 0 N–H and O–H groups in total. The first-order chi connectivity index (χ1) is 12.2. The van der Waals surface area contributed by atoms with E-state index >= 15 is 0 Å². The molecule has 0 bridgehead atoms. The van der Waals surface area contributed by atoms with Crippen LogP contribution in [-0.2, 0) is 34.5 Å². The topological polar surface area (TPSA) is 63.2 Å². The van der Waals surface area contributed by atoms with E-state index in [0.29, 0.717) is 6.61 Å². The quantitative estimate of drug-likeness (QED) is 0.799. The average molecular weight is 384 g/mol. The van der Waals surface area contributed by atoms with Crippen LogP contribution in [0.15, 0.2) is 29.2 Å². The lowest BCUT2D eigenvalue weighted by Crippen LogP contribution is -2.50. The first-order valence-corrected chi connectivity index (χ1v) is 10.1. The summed E-state index contributed by atoms with van der Waals surface area (Å²) in [5.74, 6) is -1.49. The average Bonchev–Trinajstić information content (AvgIpc) is 2.91. The first-order valence-electron chi connectivity index (χ1n) is 8.85. The SMILES string of the molecule is Cc1ccc(S(=O)C2COC(C)(C)OCOC2C2COC(C)(C)O2)cc1. The van der Waals surface area contributed by atoms with E-state index in [1.165, 1.54) is 0 Å². The molecule has 0 aromatic heterocycles. The molecule has 0 radical (unpaired) electrons. The molecule has 2 aliphatic heterocycles. The van der Waals surface area contributed by atoms with Crippen LogP contribution in [0.25, 0.3) is 0 Å². The molecule has 1 aromatic carbocycles. The molecule has 4 unspecified atom stereocenters. The van der Waals surface area contributed by atoms with E-state index in [-0.39, 0.29) is 19.5 Å². The molecule has 2 aliphatic rings. The van der Waals surface area contributed by atoms with Gasteiger partial charge < -0.3 is 23.7 Å². The van der Waals surface area contributed by atoms with Crippen LogP contribution < -0.4 is 0 Å². The highest BCUT2D eigenvalue weighted by Gasteiger charge is 2.45. The number of benzene rings is 1. The van der Waals surface area contributed by atoms with Crippen LogP contribution in [-0.4, -0.2) is 53.2 Å². The monoisotopic (exact) mass is 384 g/mol. The Morgan fingerprint density at radius 1 is 0.962 bits per heavy atom. The predicted molar refractivity (Wildman–Crippen MR) is 97.1 cm³/mol. The molecule has 2 heterocycles. The Morgan fingerprint density at radius 2 is 1.62 bits per heavy atom. The van der Waals surface area contributed by atoms with Crippen LogP contribution in [0.4, 0.5) is 0 Å². The van der Waals surface area contributed by atoms with E-state index in [1.807, 2.05) is 58.9 Å². The highest BCUT2D eigenvalue weighted by Crippen LogP contribution is 2.31. The molecule has 1 aromatic rings. The van der Waals surface area contributed by atoms with Crippen LogP contribution in [0.1, 0.15) is 33.3 Å². The van der Waals surface area contributed by atoms with E-state index in [2.05, 4.69) is 0 Å². The van der Waals surface area contributed by atoms with Crippen molar-refractivity contribution < 1.29 is 27.9 Å². The third-order valence-corrected chi connectivity index (χ3v) is 6.24. The zero-order valence-electron chi connectivity index (χ0n) is 16.0. The van der Waals surface area contributed by atoms with E-state index in [1.54, 1.807) is 0 Å². The molecule has 7 heteroatoms. The van der Waals surface area contributed by atoms with Gasteiger partial charge in [-0.25, -0.2) is 0 Å². The normalized spacial score (nSPS) is 32.6. The van der Waals surface area contributed by atoms with Gasteiger partial charge in [0.25, 0.3) is 0 Å². The van der Waals surface area contributed by atoms with Gasteiger partial charge in [-0.15, -0.1) is 0 Å². The predicted octanol–water partition coefficient (Wildman–Crippen LogP) is 2.75. The fourth-order valence-electron chi connectivity index (χ4n) is 3.04. The zero-order chi connectivity index (χ0) is 18.9. The largest absolute Gasteiger partial charge is 0.349 e. The minimum Gasteiger partial charge on any atom is -0.349 e. The molecule has 146 valence electrons. The standard InChI is InChI=1S/C19H28O6S/c1-13-6-8-14(9-7-13)26(20)16-11-23-18(2,3)24-12-21-17(16)15-10-22-19(4,5)25-15/h6-9,15-17H,10-12H2,1-5H3. The van der Waals surface area contributed by atoms with Crippen molar-refractivity contribution in [3.63, 3.8) is 0 Å². The van der Waals surface area contributed by atoms with Gasteiger partial charge in [-0.05, 0) is 46.8 Å². The molecule has 0 aliphatic carbocycles. The van der Waals surface area contributed by atoms with Gasteiger partial charge in [0.2, 0.25) is 0 Å². The van der Waals surface area contributed by atoms with E-state index in [4.69, 9.17) is 23.7 Å². The van der Waals surface area contributed by atoms with Gasteiger partial charge >= 0.3 is 0 Å². The summed E-state index contributed by atoms with van der Waals surface area (Å²) in [4.78, 5) is 0.746. The maximum atomic E-state index is 13.3. The Hall–Kier alpha value is -0.830. The molecular weight excluding hydrogens is 356 g/mol. The second kappa shape index (κ2) is 7.66. The molecule has 0 saturated carbocycles. The summed E-state index contributed by atoms with van der Waals surface area (Å²) in [6.07, 6.45) is -0.798. The van der Waals surface area contributed by atoms with Gasteiger partial charge in [-0.2, -0.15) is 0 Å². The summed E-state index contributed by atoms with van der Waals surface area (Å²) in [5, 5.41) is -0.400. The van der Waals surface area contributed by atoms with Gasteiger partial charge in [-0.3, -0.25) is 4.21 Å². The Bertz CT molecular complexity index is 642. The molecule has 6 nitrogen and oxygen atoms in total. The lowest BCUT2D eigenvalue weighted by molar-refractivity contribution is -0.286. The molecule has 26 heavy (non-hydrogen) atoms. The van der Waals surface area contributed by atoms with Crippen LogP contribution >= 0.6 is 0 Å². The van der Waals surface area contributed by atoms with Gasteiger partial charge in [-0.1, -0.05) is 17.7 Å². The molecule has 4 atom stereocenters. The van der Waals surface area contributed by atoms with Crippen molar-refractivity contribution in [2.24, 2.45) is 0 Å². The summed E-state index contributed by atoms with van der Waals surface area (Å²) in [6, 6.07) is 7.69. The summed E-state index contributed by atoms with van der Waals surface area (Å²) in [7, 11) is -1.32. The van der Waals surface area contributed by atoms with E-state index in [0.717, 1.165) is 10.5 Å². The van der Waals surface area contributed by atoms with Gasteiger partial charge in [0.05, 0.1) is 29.3 Å². The van der Waals surface area contributed by atoms with Crippen molar-refractivity contribution in [3.8, 4) is 0 Å². The number of aryl methyl sites for hydroxylation is 1. The second-order valence-corrected chi connectivity index (χ2v) is 9.29. The zero-order valence-corrected chi connectivity index (χ0v) is 16.8. The summed E-state index contributed by atoms with van der Waals surface area (Å²) < 4.78 is 42.5. The Morgan fingerprint density at radius 3 is 2.23 bits per heavy atom. The maximum Gasteiger partial charge on any atom is 0.165 e. The number of ether oxygens (including phenoxy) is 5. The lowest BCUT2D eigenvalue weighted by Gasteiger charge is -2.37. The lowest BCUT2D eigenvalue weighted by atomic mass is 10.1. The first kappa shape index (κ1) is 19.9.